The first-order valence-electron chi connectivity index (χ1n) is 8.77. The van der Waals surface area contributed by atoms with Gasteiger partial charge in [0.1, 0.15) is 6.61 Å². The Bertz CT molecular complexity index is 731. The lowest BCUT2D eigenvalue weighted by atomic mass is 10.2. The molecule has 0 atom stereocenters. The van der Waals surface area contributed by atoms with E-state index >= 15 is 0 Å². The number of halogens is 1. The first-order chi connectivity index (χ1) is 12.6. The molecule has 2 aromatic rings. The third-order valence-electron chi connectivity index (χ3n) is 4.50. The summed E-state index contributed by atoms with van der Waals surface area (Å²) in [6, 6.07) is 15.5. The number of carbonyl (C=O) groups excluding carboxylic acids is 1. The highest BCUT2D eigenvalue weighted by Crippen LogP contribution is 2.23. The summed E-state index contributed by atoms with van der Waals surface area (Å²) in [6.45, 7) is 5.53. The largest absolute Gasteiger partial charge is 0.444 e. The minimum absolute atomic E-state index is 0.259. The van der Waals surface area contributed by atoms with Crippen molar-refractivity contribution in [2.45, 2.75) is 13.2 Å². The molecule has 0 unspecified atom stereocenters. The summed E-state index contributed by atoms with van der Waals surface area (Å²) >= 11 is 3.62. The molecule has 26 heavy (non-hydrogen) atoms. The quantitative estimate of drug-likeness (QED) is 0.799. The van der Waals surface area contributed by atoms with Gasteiger partial charge in [-0.05, 0) is 30.3 Å². The van der Waals surface area contributed by atoms with Crippen molar-refractivity contribution >= 4 is 27.7 Å². The highest BCUT2D eigenvalue weighted by Gasteiger charge is 2.15. The Labute approximate surface area is 163 Å². The summed E-state index contributed by atoms with van der Waals surface area (Å²) in [4.78, 5) is 16.8. The molecule has 1 saturated heterocycles. The van der Waals surface area contributed by atoms with Crippen molar-refractivity contribution < 1.29 is 9.53 Å². The van der Waals surface area contributed by atoms with Gasteiger partial charge in [-0.2, -0.15) is 0 Å². The first kappa shape index (κ1) is 18.9. The Morgan fingerprint density at radius 3 is 2.54 bits per heavy atom. The molecule has 1 heterocycles. The lowest BCUT2D eigenvalue weighted by molar-refractivity contribution is 0.148. The summed E-state index contributed by atoms with van der Waals surface area (Å²) in [7, 11) is 2.16. The predicted octanol–water partition coefficient (Wildman–Crippen LogP) is 3.95. The molecule has 1 amide bonds. The van der Waals surface area contributed by atoms with Crippen molar-refractivity contribution in [3.8, 4) is 0 Å². The second kappa shape index (κ2) is 9.16. The lowest BCUT2D eigenvalue weighted by Gasteiger charge is -2.32. The molecular weight excluding hydrogens is 394 g/mol. The molecule has 0 spiro atoms. The molecule has 138 valence electrons. The SMILES string of the molecule is CN1CCN(Cc2ccc(NC(=O)OCc3ccccc3)cc2Br)CC1. The van der Waals surface area contributed by atoms with Crippen LogP contribution in [0.1, 0.15) is 11.1 Å². The molecule has 2 aromatic carbocycles. The van der Waals surface area contributed by atoms with Crippen LogP contribution < -0.4 is 5.32 Å². The molecule has 0 aliphatic carbocycles. The van der Waals surface area contributed by atoms with Crippen LogP contribution in [0.4, 0.5) is 10.5 Å². The number of piperazine rings is 1. The number of ether oxygens (including phenoxy) is 1. The van der Waals surface area contributed by atoms with Crippen LogP contribution in [0.5, 0.6) is 0 Å². The van der Waals surface area contributed by atoms with Crippen LogP contribution in [-0.2, 0) is 17.9 Å². The smallest absolute Gasteiger partial charge is 0.411 e. The first-order valence-corrected chi connectivity index (χ1v) is 9.56. The highest BCUT2D eigenvalue weighted by atomic mass is 79.9. The second-order valence-corrected chi connectivity index (χ2v) is 7.43. The fraction of sp³-hybridized carbons (Fsp3) is 0.350. The van der Waals surface area contributed by atoms with Gasteiger partial charge in [0.15, 0.2) is 0 Å². The van der Waals surface area contributed by atoms with Crippen molar-refractivity contribution in [3.05, 3.63) is 64.1 Å². The van der Waals surface area contributed by atoms with Crippen LogP contribution in [0, 0.1) is 0 Å². The van der Waals surface area contributed by atoms with Crippen molar-refractivity contribution in [3.63, 3.8) is 0 Å². The van der Waals surface area contributed by atoms with E-state index in [9.17, 15) is 4.79 Å². The van der Waals surface area contributed by atoms with E-state index in [1.54, 1.807) is 0 Å². The predicted molar refractivity (Wildman–Crippen MR) is 107 cm³/mol. The van der Waals surface area contributed by atoms with Crippen LogP contribution in [0.3, 0.4) is 0 Å². The van der Waals surface area contributed by atoms with Gasteiger partial charge in [-0.1, -0.05) is 52.3 Å². The van der Waals surface area contributed by atoms with E-state index in [4.69, 9.17) is 4.74 Å². The molecule has 0 radical (unpaired) electrons. The van der Waals surface area contributed by atoms with E-state index in [2.05, 4.69) is 44.2 Å². The zero-order chi connectivity index (χ0) is 18.4. The molecule has 1 N–H and O–H groups in total. The maximum atomic E-state index is 12.0. The van der Waals surface area contributed by atoms with Crippen LogP contribution in [0.25, 0.3) is 0 Å². The number of nitrogens with zero attached hydrogens (tertiary/aromatic N) is 2. The van der Waals surface area contributed by atoms with E-state index in [0.717, 1.165) is 48.4 Å². The summed E-state index contributed by atoms with van der Waals surface area (Å²) in [5.41, 5.74) is 2.90. The molecule has 0 aromatic heterocycles. The number of carbonyl (C=O) groups is 1. The maximum Gasteiger partial charge on any atom is 0.411 e. The third kappa shape index (κ3) is 5.56. The molecular formula is C20H24BrN3O2. The molecule has 1 aliphatic heterocycles. The summed E-state index contributed by atoms with van der Waals surface area (Å²) < 4.78 is 6.25. The van der Waals surface area contributed by atoms with E-state index in [1.165, 1.54) is 5.56 Å². The topological polar surface area (TPSA) is 44.8 Å². The standard InChI is InChI=1S/C20H24BrN3O2/c1-23-9-11-24(12-10-23)14-17-7-8-18(13-19(17)21)22-20(25)26-15-16-5-3-2-4-6-16/h2-8,13H,9-12,14-15H2,1H3,(H,22,25). The third-order valence-corrected chi connectivity index (χ3v) is 5.24. The van der Waals surface area contributed by atoms with Crippen LogP contribution in [0.15, 0.2) is 53.0 Å². The number of hydrogen-bond acceptors (Lipinski definition) is 4. The Kier molecular flexibility index (Phi) is 6.66. The van der Waals surface area contributed by atoms with Gasteiger partial charge in [0.2, 0.25) is 0 Å². The van der Waals surface area contributed by atoms with Gasteiger partial charge in [0, 0.05) is 42.9 Å². The monoisotopic (exact) mass is 417 g/mol. The normalized spacial score (nSPS) is 15.6. The van der Waals surface area contributed by atoms with Gasteiger partial charge in [-0.15, -0.1) is 0 Å². The zero-order valence-electron chi connectivity index (χ0n) is 15.0. The number of rotatable bonds is 5. The second-order valence-electron chi connectivity index (χ2n) is 6.57. The van der Waals surface area contributed by atoms with Crippen molar-refractivity contribution in [1.82, 2.24) is 9.80 Å². The van der Waals surface area contributed by atoms with Crippen molar-refractivity contribution in [1.29, 1.82) is 0 Å². The van der Waals surface area contributed by atoms with E-state index in [1.807, 2.05) is 42.5 Å². The summed E-state index contributed by atoms with van der Waals surface area (Å²) in [6.07, 6.45) is -0.451. The number of likely N-dealkylation sites (N-methyl/N-ethyl adjacent to an activating group) is 1. The van der Waals surface area contributed by atoms with E-state index in [0.29, 0.717) is 0 Å². The van der Waals surface area contributed by atoms with Crippen molar-refractivity contribution in [2.24, 2.45) is 0 Å². The number of amides is 1. The highest BCUT2D eigenvalue weighted by molar-refractivity contribution is 9.10. The number of nitrogens with one attached hydrogen (secondary N) is 1. The average Bonchev–Trinajstić information content (AvgIpc) is 2.65. The van der Waals surface area contributed by atoms with Crippen LogP contribution in [-0.4, -0.2) is 49.1 Å². The van der Waals surface area contributed by atoms with Gasteiger partial charge in [0.05, 0.1) is 0 Å². The molecule has 1 aliphatic rings. The van der Waals surface area contributed by atoms with Gasteiger partial charge in [0.25, 0.3) is 0 Å². The lowest BCUT2D eigenvalue weighted by Crippen LogP contribution is -2.43. The number of benzene rings is 2. The minimum atomic E-state index is -0.451. The van der Waals surface area contributed by atoms with Gasteiger partial charge < -0.3 is 9.64 Å². The van der Waals surface area contributed by atoms with Crippen LogP contribution >= 0.6 is 15.9 Å². The minimum Gasteiger partial charge on any atom is -0.444 e. The molecule has 3 rings (SSSR count). The van der Waals surface area contributed by atoms with Gasteiger partial charge in [-0.3, -0.25) is 10.2 Å². The zero-order valence-corrected chi connectivity index (χ0v) is 16.5. The molecule has 6 heteroatoms. The fourth-order valence-electron chi connectivity index (χ4n) is 2.88. The van der Waals surface area contributed by atoms with Gasteiger partial charge >= 0.3 is 6.09 Å². The molecule has 1 fully saturated rings. The number of anilines is 1. The van der Waals surface area contributed by atoms with Gasteiger partial charge in [-0.25, -0.2) is 4.79 Å². The maximum absolute atomic E-state index is 12.0. The molecule has 0 saturated carbocycles. The summed E-state index contributed by atoms with van der Waals surface area (Å²) in [5, 5.41) is 2.78. The average molecular weight is 418 g/mol. The Morgan fingerprint density at radius 2 is 1.85 bits per heavy atom. The number of hydrogen-bond donors (Lipinski definition) is 1. The molecule has 0 bridgehead atoms. The van der Waals surface area contributed by atoms with Crippen LogP contribution in [0.2, 0.25) is 0 Å². The summed E-state index contributed by atoms with van der Waals surface area (Å²) in [5.74, 6) is 0. The molecule has 5 nitrogen and oxygen atoms in total. The van der Waals surface area contributed by atoms with Crippen molar-refractivity contribution in [2.75, 3.05) is 38.5 Å². The Balaban J connectivity index is 1.51. The fourth-order valence-corrected chi connectivity index (χ4v) is 3.38. The van der Waals surface area contributed by atoms with E-state index in [-0.39, 0.29) is 6.61 Å². The van der Waals surface area contributed by atoms with E-state index < -0.39 is 6.09 Å². The Morgan fingerprint density at radius 1 is 1.12 bits per heavy atom. The Hall–Kier alpha value is -1.89.